The van der Waals surface area contributed by atoms with Crippen molar-refractivity contribution >= 4 is 11.8 Å². The molecular formula is C26H33N3O2. The summed E-state index contributed by atoms with van der Waals surface area (Å²) in [5.41, 5.74) is 3.52. The van der Waals surface area contributed by atoms with Crippen LogP contribution in [0, 0.1) is 11.8 Å². The van der Waals surface area contributed by atoms with Crippen LogP contribution in [0.3, 0.4) is 0 Å². The Labute approximate surface area is 185 Å². The molecule has 2 atom stereocenters. The molecule has 1 N–H and O–H groups in total. The minimum absolute atomic E-state index is 0.0305. The lowest BCUT2D eigenvalue weighted by Gasteiger charge is -2.38. The number of aryl methyl sites for hydroxylation is 1. The fraction of sp³-hybridized carbons (Fsp3) is 0.500. The van der Waals surface area contributed by atoms with Crippen LogP contribution in [0.1, 0.15) is 61.6 Å². The molecule has 1 saturated heterocycles. The molecule has 2 fully saturated rings. The van der Waals surface area contributed by atoms with E-state index in [9.17, 15) is 9.59 Å². The molecule has 164 valence electrons. The van der Waals surface area contributed by atoms with Gasteiger partial charge >= 0.3 is 0 Å². The number of rotatable bonds is 6. The van der Waals surface area contributed by atoms with Crippen LogP contribution in [0.5, 0.6) is 0 Å². The van der Waals surface area contributed by atoms with Crippen molar-refractivity contribution < 1.29 is 9.59 Å². The van der Waals surface area contributed by atoms with Gasteiger partial charge in [0.2, 0.25) is 11.8 Å². The standard InChI is InChI=1S/C26H33N3O2/c1-2-19-9-11-21(12-10-19)23-14-24(25(30)28-16-20-6-5-13-27-15-20)18-29(17-23)26(31)22-7-3-4-8-22/h5-6,9-13,15,22-24H,2-4,7-8,14,16-18H2,1H3,(H,28,30). The van der Waals surface area contributed by atoms with E-state index < -0.39 is 0 Å². The summed E-state index contributed by atoms with van der Waals surface area (Å²) in [6.07, 6.45) is 9.55. The number of amides is 2. The van der Waals surface area contributed by atoms with Gasteiger partial charge < -0.3 is 10.2 Å². The zero-order valence-corrected chi connectivity index (χ0v) is 18.4. The molecule has 1 saturated carbocycles. The average molecular weight is 420 g/mol. The highest BCUT2D eigenvalue weighted by molar-refractivity contribution is 5.82. The smallest absolute Gasteiger partial charge is 0.225 e. The summed E-state index contributed by atoms with van der Waals surface area (Å²) in [7, 11) is 0. The van der Waals surface area contributed by atoms with E-state index in [0.29, 0.717) is 19.6 Å². The van der Waals surface area contributed by atoms with Crippen LogP contribution in [0.2, 0.25) is 0 Å². The highest BCUT2D eigenvalue weighted by atomic mass is 16.2. The average Bonchev–Trinajstić information content (AvgIpc) is 3.37. The van der Waals surface area contributed by atoms with Gasteiger partial charge in [0.25, 0.3) is 0 Å². The molecule has 2 unspecified atom stereocenters. The summed E-state index contributed by atoms with van der Waals surface area (Å²) in [5.74, 6) is 0.423. The number of carbonyl (C=O) groups is 2. The van der Waals surface area contributed by atoms with Gasteiger partial charge in [-0.3, -0.25) is 14.6 Å². The van der Waals surface area contributed by atoms with Crippen LogP contribution in [-0.4, -0.2) is 34.8 Å². The minimum atomic E-state index is -0.188. The number of benzene rings is 1. The molecule has 2 aliphatic rings. The molecule has 31 heavy (non-hydrogen) atoms. The Balaban J connectivity index is 1.48. The molecule has 5 nitrogen and oxygen atoms in total. The van der Waals surface area contributed by atoms with E-state index in [1.54, 1.807) is 12.4 Å². The van der Waals surface area contributed by atoms with E-state index in [2.05, 4.69) is 41.5 Å². The number of nitrogens with one attached hydrogen (secondary N) is 1. The lowest BCUT2D eigenvalue weighted by atomic mass is 9.83. The van der Waals surface area contributed by atoms with Gasteiger partial charge in [0.1, 0.15) is 0 Å². The predicted octanol–water partition coefficient (Wildman–Crippen LogP) is 4.08. The van der Waals surface area contributed by atoms with Crippen molar-refractivity contribution in [2.24, 2.45) is 11.8 Å². The van der Waals surface area contributed by atoms with E-state index in [0.717, 1.165) is 44.1 Å². The zero-order chi connectivity index (χ0) is 21.6. The van der Waals surface area contributed by atoms with E-state index in [1.165, 1.54) is 11.1 Å². The second kappa shape index (κ2) is 10.1. The summed E-state index contributed by atoms with van der Waals surface area (Å²) in [6.45, 7) is 3.86. The lowest BCUT2D eigenvalue weighted by molar-refractivity contribution is -0.139. The Kier molecular flexibility index (Phi) is 7.00. The third-order valence-corrected chi connectivity index (χ3v) is 6.89. The number of hydrogen-bond donors (Lipinski definition) is 1. The van der Waals surface area contributed by atoms with Crippen LogP contribution in [0.4, 0.5) is 0 Å². The molecule has 5 heteroatoms. The number of piperidine rings is 1. The number of aromatic nitrogens is 1. The van der Waals surface area contributed by atoms with E-state index >= 15 is 0 Å². The molecule has 0 bridgehead atoms. The SMILES string of the molecule is CCc1ccc(C2CC(C(=O)NCc3cccnc3)CN(C(=O)C3CCCC3)C2)cc1. The topological polar surface area (TPSA) is 62.3 Å². The van der Waals surface area contributed by atoms with Crippen molar-refractivity contribution in [3.05, 3.63) is 65.5 Å². The predicted molar refractivity (Wildman–Crippen MR) is 121 cm³/mol. The Hall–Kier alpha value is -2.69. The Morgan fingerprint density at radius 1 is 1.03 bits per heavy atom. The van der Waals surface area contributed by atoms with Crippen molar-refractivity contribution in [2.75, 3.05) is 13.1 Å². The van der Waals surface area contributed by atoms with Crippen molar-refractivity contribution in [1.82, 2.24) is 15.2 Å². The molecule has 1 aromatic carbocycles. The molecular weight excluding hydrogens is 386 g/mol. The number of nitrogens with zero attached hydrogens (tertiary/aromatic N) is 2. The van der Waals surface area contributed by atoms with Gasteiger partial charge in [-0.15, -0.1) is 0 Å². The van der Waals surface area contributed by atoms with E-state index in [-0.39, 0.29) is 29.6 Å². The normalized spacial score (nSPS) is 21.8. The van der Waals surface area contributed by atoms with Gasteiger partial charge in [-0.25, -0.2) is 0 Å². The number of hydrogen-bond acceptors (Lipinski definition) is 3. The second-order valence-corrected chi connectivity index (χ2v) is 9.03. The molecule has 2 aromatic rings. The molecule has 2 amide bonds. The second-order valence-electron chi connectivity index (χ2n) is 9.03. The highest BCUT2D eigenvalue weighted by Crippen LogP contribution is 2.34. The maximum Gasteiger partial charge on any atom is 0.225 e. The fourth-order valence-corrected chi connectivity index (χ4v) is 5.00. The Morgan fingerprint density at radius 2 is 1.81 bits per heavy atom. The first-order valence-electron chi connectivity index (χ1n) is 11.7. The molecule has 0 spiro atoms. The third kappa shape index (κ3) is 5.33. The molecule has 4 rings (SSSR count). The van der Waals surface area contributed by atoms with Gasteiger partial charge in [-0.2, -0.15) is 0 Å². The summed E-state index contributed by atoms with van der Waals surface area (Å²) < 4.78 is 0. The number of likely N-dealkylation sites (tertiary alicyclic amines) is 1. The first-order chi connectivity index (χ1) is 15.1. The summed E-state index contributed by atoms with van der Waals surface area (Å²) in [4.78, 5) is 32.4. The monoisotopic (exact) mass is 419 g/mol. The summed E-state index contributed by atoms with van der Waals surface area (Å²) in [6, 6.07) is 12.5. The maximum absolute atomic E-state index is 13.2. The lowest BCUT2D eigenvalue weighted by Crippen LogP contribution is -2.49. The van der Waals surface area contributed by atoms with Crippen LogP contribution < -0.4 is 5.32 Å². The van der Waals surface area contributed by atoms with Gasteiger partial charge in [-0.05, 0) is 48.4 Å². The molecule has 2 heterocycles. The van der Waals surface area contributed by atoms with E-state index in [4.69, 9.17) is 0 Å². The largest absolute Gasteiger partial charge is 0.352 e. The molecule has 0 radical (unpaired) electrons. The number of carbonyl (C=O) groups excluding carboxylic acids is 2. The van der Waals surface area contributed by atoms with Crippen molar-refractivity contribution in [1.29, 1.82) is 0 Å². The maximum atomic E-state index is 13.2. The van der Waals surface area contributed by atoms with Crippen molar-refractivity contribution in [2.45, 2.75) is 57.9 Å². The van der Waals surface area contributed by atoms with Gasteiger partial charge in [0.15, 0.2) is 0 Å². The number of pyridine rings is 1. The Morgan fingerprint density at radius 3 is 2.48 bits per heavy atom. The zero-order valence-electron chi connectivity index (χ0n) is 18.4. The van der Waals surface area contributed by atoms with Gasteiger partial charge in [0.05, 0.1) is 5.92 Å². The van der Waals surface area contributed by atoms with Gasteiger partial charge in [-0.1, -0.05) is 50.1 Å². The van der Waals surface area contributed by atoms with Crippen LogP contribution >= 0.6 is 0 Å². The fourth-order valence-electron chi connectivity index (χ4n) is 5.00. The third-order valence-electron chi connectivity index (χ3n) is 6.89. The van der Waals surface area contributed by atoms with Gasteiger partial charge in [0, 0.05) is 43.9 Å². The summed E-state index contributed by atoms with van der Waals surface area (Å²) in [5, 5.41) is 3.07. The molecule has 1 aliphatic carbocycles. The first kappa shape index (κ1) is 21.5. The van der Waals surface area contributed by atoms with Crippen LogP contribution in [-0.2, 0) is 22.6 Å². The first-order valence-corrected chi connectivity index (χ1v) is 11.7. The van der Waals surface area contributed by atoms with E-state index in [1.807, 2.05) is 17.0 Å². The summed E-state index contributed by atoms with van der Waals surface area (Å²) >= 11 is 0. The highest BCUT2D eigenvalue weighted by Gasteiger charge is 2.37. The van der Waals surface area contributed by atoms with Crippen LogP contribution in [0.15, 0.2) is 48.8 Å². The van der Waals surface area contributed by atoms with Crippen LogP contribution in [0.25, 0.3) is 0 Å². The van der Waals surface area contributed by atoms with Crippen molar-refractivity contribution in [3.63, 3.8) is 0 Å². The quantitative estimate of drug-likeness (QED) is 0.767. The molecule has 1 aromatic heterocycles. The molecule has 1 aliphatic heterocycles. The Bertz CT molecular complexity index is 875. The van der Waals surface area contributed by atoms with Crippen molar-refractivity contribution in [3.8, 4) is 0 Å². The minimum Gasteiger partial charge on any atom is -0.352 e.